The first-order valence-corrected chi connectivity index (χ1v) is 13.1. The minimum Gasteiger partial charge on any atom is -0.464 e. The molecule has 1 aliphatic heterocycles. The van der Waals surface area contributed by atoms with Gasteiger partial charge in [-0.25, -0.2) is 19.7 Å². The number of nitrogens with one attached hydrogen (secondary N) is 3. The molecule has 1 fully saturated rings. The Hall–Kier alpha value is -5.29. The molecule has 0 atom stereocenters. The Morgan fingerprint density at radius 1 is 0.854 bits per heavy atom. The van der Waals surface area contributed by atoms with Crippen LogP contribution in [0.1, 0.15) is 6.92 Å². The first-order chi connectivity index (χ1) is 20.0. The maximum absolute atomic E-state index is 12.5. The lowest BCUT2D eigenvalue weighted by Crippen LogP contribution is -2.37. The van der Waals surface area contributed by atoms with Crippen LogP contribution >= 0.6 is 0 Å². The van der Waals surface area contributed by atoms with Crippen LogP contribution in [-0.4, -0.2) is 53.2 Å². The third kappa shape index (κ3) is 5.99. The van der Waals surface area contributed by atoms with Gasteiger partial charge < -0.3 is 24.7 Å². The molecule has 3 N–H and O–H groups in total. The lowest BCUT2D eigenvalue weighted by Gasteiger charge is -2.29. The van der Waals surface area contributed by atoms with Crippen LogP contribution in [0.15, 0.2) is 83.6 Å². The Morgan fingerprint density at radius 2 is 1.61 bits per heavy atom. The highest BCUT2D eigenvalue weighted by atomic mass is 16.5. The third-order valence-electron chi connectivity index (χ3n) is 6.52. The number of anilines is 4. The maximum Gasteiger partial charge on any atom is 0.324 e. The molecule has 0 aliphatic carbocycles. The number of hydrogen-bond acceptors (Lipinski definition) is 8. The first kappa shape index (κ1) is 26.0. The fraction of sp³-hybridized carbons (Fsp3) is 0.167. The lowest BCUT2D eigenvalue weighted by molar-refractivity contribution is -0.114. The lowest BCUT2D eigenvalue weighted by atomic mass is 10.1. The summed E-state index contributed by atoms with van der Waals surface area (Å²) >= 11 is 0. The zero-order valence-corrected chi connectivity index (χ0v) is 22.3. The van der Waals surface area contributed by atoms with Crippen LogP contribution in [0.3, 0.4) is 0 Å². The SMILES string of the molecule is CC(=O)Nc1ccc(NC(=O)Nc2ccc(-c3nc(N4CCOCC4)c4ccc(-c5ccco5)cc4n3)cn2)cc1. The molecule has 1 aliphatic rings. The maximum atomic E-state index is 12.5. The molecule has 5 aromatic rings. The van der Waals surface area contributed by atoms with Crippen molar-refractivity contribution in [3.8, 4) is 22.7 Å². The van der Waals surface area contributed by atoms with Gasteiger partial charge in [0.25, 0.3) is 0 Å². The zero-order chi connectivity index (χ0) is 28.2. The van der Waals surface area contributed by atoms with Crippen molar-refractivity contribution in [2.75, 3.05) is 47.2 Å². The van der Waals surface area contributed by atoms with E-state index in [1.54, 1.807) is 42.8 Å². The molecule has 1 saturated heterocycles. The number of hydrogen-bond donors (Lipinski definition) is 3. The summed E-state index contributed by atoms with van der Waals surface area (Å²) in [5.74, 6) is 2.33. The number of carbonyl (C=O) groups is 2. The summed E-state index contributed by atoms with van der Waals surface area (Å²) < 4.78 is 11.2. The van der Waals surface area contributed by atoms with E-state index in [0.29, 0.717) is 41.8 Å². The van der Waals surface area contributed by atoms with E-state index in [1.807, 2.05) is 36.4 Å². The normalized spacial score (nSPS) is 13.1. The van der Waals surface area contributed by atoms with Crippen LogP contribution < -0.4 is 20.9 Å². The molecule has 4 heterocycles. The monoisotopic (exact) mass is 549 g/mol. The number of amides is 3. The molecule has 3 amide bonds. The Bertz CT molecular complexity index is 1680. The summed E-state index contributed by atoms with van der Waals surface area (Å²) in [6.07, 6.45) is 3.29. The van der Waals surface area contributed by atoms with E-state index in [2.05, 4.69) is 25.8 Å². The van der Waals surface area contributed by atoms with E-state index in [4.69, 9.17) is 19.1 Å². The fourth-order valence-corrected chi connectivity index (χ4v) is 4.57. The molecule has 0 saturated carbocycles. The van der Waals surface area contributed by atoms with Crippen molar-refractivity contribution >= 4 is 45.9 Å². The second-order valence-electron chi connectivity index (χ2n) is 9.45. The summed E-state index contributed by atoms with van der Waals surface area (Å²) in [6, 6.07) is 19.7. The second kappa shape index (κ2) is 11.4. The third-order valence-corrected chi connectivity index (χ3v) is 6.52. The van der Waals surface area contributed by atoms with Gasteiger partial charge in [0.2, 0.25) is 5.91 Å². The quantitative estimate of drug-likeness (QED) is 0.257. The van der Waals surface area contributed by atoms with Crippen LogP contribution in [0, 0.1) is 0 Å². The predicted molar refractivity (Wildman–Crippen MR) is 157 cm³/mol. The van der Waals surface area contributed by atoms with E-state index >= 15 is 0 Å². The molecule has 0 bridgehead atoms. The number of urea groups is 1. The van der Waals surface area contributed by atoms with Crippen LogP contribution in [-0.2, 0) is 9.53 Å². The molecular weight excluding hydrogens is 522 g/mol. The number of fused-ring (bicyclic) bond motifs is 1. The summed E-state index contributed by atoms with van der Waals surface area (Å²) in [6.45, 7) is 4.17. The number of morpholine rings is 1. The molecule has 3 aromatic heterocycles. The van der Waals surface area contributed by atoms with Crippen LogP contribution in [0.2, 0.25) is 0 Å². The van der Waals surface area contributed by atoms with Gasteiger partial charge in [-0.05, 0) is 60.7 Å². The van der Waals surface area contributed by atoms with Crippen molar-refractivity contribution in [3.63, 3.8) is 0 Å². The number of pyridine rings is 1. The average Bonchev–Trinajstić information content (AvgIpc) is 3.53. The zero-order valence-electron chi connectivity index (χ0n) is 22.3. The summed E-state index contributed by atoms with van der Waals surface area (Å²) in [5.41, 5.74) is 3.64. The van der Waals surface area contributed by atoms with Gasteiger partial charge in [-0.2, -0.15) is 0 Å². The van der Waals surface area contributed by atoms with Gasteiger partial charge in [0.15, 0.2) is 5.82 Å². The average molecular weight is 550 g/mol. The van der Waals surface area contributed by atoms with Gasteiger partial charge in [0, 0.05) is 54.1 Å². The predicted octanol–water partition coefficient (Wildman–Crippen LogP) is 5.39. The molecule has 206 valence electrons. The second-order valence-corrected chi connectivity index (χ2v) is 9.45. The van der Waals surface area contributed by atoms with E-state index in [-0.39, 0.29) is 5.91 Å². The molecule has 41 heavy (non-hydrogen) atoms. The van der Waals surface area contributed by atoms with E-state index < -0.39 is 6.03 Å². The number of benzene rings is 2. The van der Waals surface area contributed by atoms with Crippen molar-refractivity contribution in [2.45, 2.75) is 6.92 Å². The Morgan fingerprint density at radius 3 is 2.29 bits per heavy atom. The summed E-state index contributed by atoms with van der Waals surface area (Å²) in [7, 11) is 0. The number of nitrogens with zero attached hydrogens (tertiary/aromatic N) is 4. The molecule has 0 unspecified atom stereocenters. The molecule has 0 spiro atoms. The molecule has 2 aromatic carbocycles. The van der Waals surface area contributed by atoms with Crippen LogP contribution in [0.25, 0.3) is 33.6 Å². The summed E-state index contributed by atoms with van der Waals surface area (Å²) in [5, 5.41) is 9.10. The molecule has 11 heteroatoms. The largest absolute Gasteiger partial charge is 0.464 e. The highest BCUT2D eigenvalue weighted by Gasteiger charge is 2.19. The van der Waals surface area contributed by atoms with Gasteiger partial charge in [0.05, 0.1) is 25.0 Å². The minimum absolute atomic E-state index is 0.164. The highest BCUT2D eigenvalue weighted by molar-refractivity contribution is 5.99. The van der Waals surface area contributed by atoms with E-state index in [9.17, 15) is 9.59 Å². The van der Waals surface area contributed by atoms with E-state index in [1.165, 1.54) is 6.92 Å². The first-order valence-electron chi connectivity index (χ1n) is 13.1. The van der Waals surface area contributed by atoms with Gasteiger partial charge in [0.1, 0.15) is 17.4 Å². The Kier molecular flexibility index (Phi) is 7.25. The minimum atomic E-state index is -0.445. The standard InChI is InChI=1S/C30H27N7O4/c1-19(38)32-22-6-8-23(9-7-22)33-30(39)35-27-11-5-21(18-31-27)28-34-25-17-20(26-3-2-14-41-26)4-10-24(25)29(36-28)37-12-15-40-16-13-37/h2-11,14,17-18H,12-13,15-16H2,1H3,(H,32,38)(H2,31,33,35,39). The van der Waals surface area contributed by atoms with Crippen molar-refractivity contribution in [1.82, 2.24) is 15.0 Å². The van der Waals surface area contributed by atoms with Crippen molar-refractivity contribution in [2.24, 2.45) is 0 Å². The van der Waals surface area contributed by atoms with Gasteiger partial charge in [-0.1, -0.05) is 6.07 Å². The highest BCUT2D eigenvalue weighted by Crippen LogP contribution is 2.31. The van der Waals surface area contributed by atoms with Gasteiger partial charge >= 0.3 is 6.03 Å². The molecule has 6 rings (SSSR count). The van der Waals surface area contributed by atoms with Crippen LogP contribution in [0.4, 0.5) is 27.8 Å². The van der Waals surface area contributed by atoms with E-state index in [0.717, 1.165) is 41.1 Å². The van der Waals surface area contributed by atoms with Crippen molar-refractivity contribution in [1.29, 1.82) is 0 Å². The van der Waals surface area contributed by atoms with Crippen molar-refractivity contribution in [3.05, 3.63) is 79.2 Å². The topological polar surface area (TPSA) is 135 Å². The Balaban J connectivity index is 1.23. The number of aromatic nitrogens is 3. The summed E-state index contributed by atoms with van der Waals surface area (Å²) in [4.78, 5) is 40.1. The van der Waals surface area contributed by atoms with Crippen molar-refractivity contribution < 1.29 is 18.7 Å². The number of rotatable bonds is 6. The number of carbonyl (C=O) groups excluding carboxylic acids is 2. The molecular formula is C30H27N7O4. The smallest absolute Gasteiger partial charge is 0.324 e. The van der Waals surface area contributed by atoms with Gasteiger partial charge in [-0.3, -0.25) is 10.1 Å². The molecule has 0 radical (unpaired) electrons. The Labute approximate surface area is 235 Å². The fourth-order valence-electron chi connectivity index (χ4n) is 4.57. The molecule has 11 nitrogen and oxygen atoms in total. The number of ether oxygens (including phenoxy) is 1. The van der Waals surface area contributed by atoms with Gasteiger partial charge in [-0.15, -0.1) is 0 Å². The van der Waals surface area contributed by atoms with Crippen LogP contribution in [0.5, 0.6) is 0 Å². The number of furan rings is 1.